The molecule has 1 rings (SSSR count). The zero-order chi connectivity index (χ0) is 13.8. The van der Waals surface area contributed by atoms with Gasteiger partial charge in [0.2, 0.25) is 15.9 Å². The molecule has 7 heteroatoms. The lowest BCUT2D eigenvalue weighted by molar-refractivity contribution is 0.1000. The molecule has 18 heavy (non-hydrogen) atoms. The first kappa shape index (κ1) is 14.6. The van der Waals surface area contributed by atoms with Gasteiger partial charge in [-0.25, -0.2) is 13.1 Å². The fourth-order valence-electron chi connectivity index (χ4n) is 1.20. The number of carbonyl (C=O) groups excluding carboxylic acids is 1. The number of primary amides is 1. The average Bonchev–Trinajstić information content (AvgIpc) is 2.36. The summed E-state index contributed by atoms with van der Waals surface area (Å²) in [6.45, 7) is 1.78. The number of aliphatic hydroxyl groups is 1. The Kier molecular flexibility index (Phi) is 4.83. The van der Waals surface area contributed by atoms with Gasteiger partial charge in [0, 0.05) is 18.7 Å². The summed E-state index contributed by atoms with van der Waals surface area (Å²) < 4.78 is 26.0. The number of aliphatic hydroxyl groups excluding tert-OH is 1. The third kappa shape index (κ3) is 3.80. The first-order chi connectivity index (χ1) is 8.36. The number of sulfonamides is 1. The number of nitrogens with one attached hydrogen (secondary N) is 1. The summed E-state index contributed by atoms with van der Waals surface area (Å²) >= 11 is 0. The Morgan fingerprint density at radius 3 is 2.39 bits per heavy atom. The summed E-state index contributed by atoms with van der Waals surface area (Å²) in [5.41, 5.74) is 5.31. The molecule has 4 N–H and O–H groups in total. The van der Waals surface area contributed by atoms with E-state index in [2.05, 4.69) is 4.72 Å². The lowest BCUT2D eigenvalue weighted by Gasteiger charge is -2.10. The second-order valence-electron chi connectivity index (χ2n) is 4.03. The van der Waals surface area contributed by atoms with Crippen molar-refractivity contribution in [3.63, 3.8) is 0 Å². The summed E-state index contributed by atoms with van der Waals surface area (Å²) in [4.78, 5) is 10.9. The van der Waals surface area contributed by atoms with Crippen molar-refractivity contribution in [1.29, 1.82) is 0 Å². The number of rotatable bonds is 6. The number of benzene rings is 1. The number of nitrogens with two attached hydrogens (primary N) is 1. The highest BCUT2D eigenvalue weighted by molar-refractivity contribution is 7.89. The molecular weight excluding hydrogens is 256 g/mol. The molecule has 1 unspecified atom stereocenters. The highest BCUT2D eigenvalue weighted by Crippen LogP contribution is 2.10. The SMILES string of the molecule is CC(CO)CNS(=O)(=O)c1ccc(C(N)=O)cc1. The zero-order valence-electron chi connectivity index (χ0n) is 9.96. The van der Waals surface area contributed by atoms with Crippen LogP contribution in [0.15, 0.2) is 29.2 Å². The van der Waals surface area contributed by atoms with Gasteiger partial charge in [0.15, 0.2) is 0 Å². The zero-order valence-corrected chi connectivity index (χ0v) is 10.8. The van der Waals surface area contributed by atoms with Crippen molar-refractivity contribution in [3.8, 4) is 0 Å². The highest BCUT2D eigenvalue weighted by atomic mass is 32.2. The molecule has 0 fully saturated rings. The minimum atomic E-state index is -3.62. The minimum absolute atomic E-state index is 0.0534. The molecule has 1 amide bonds. The summed E-state index contributed by atoms with van der Waals surface area (Å²) in [7, 11) is -3.62. The lowest BCUT2D eigenvalue weighted by atomic mass is 10.2. The molecule has 0 aliphatic rings. The van der Waals surface area contributed by atoms with Gasteiger partial charge in [-0.2, -0.15) is 0 Å². The molecular formula is C11H16N2O4S. The van der Waals surface area contributed by atoms with Crippen LogP contribution in [0.1, 0.15) is 17.3 Å². The fourth-order valence-corrected chi connectivity index (χ4v) is 2.36. The predicted octanol–water partition coefficient (Wildman–Crippen LogP) is -0.308. The normalized spacial score (nSPS) is 13.2. The maximum absolute atomic E-state index is 11.8. The number of amides is 1. The smallest absolute Gasteiger partial charge is 0.248 e. The van der Waals surface area contributed by atoms with Crippen molar-refractivity contribution < 1.29 is 18.3 Å². The van der Waals surface area contributed by atoms with Crippen LogP contribution in [-0.4, -0.2) is 32.6 Å². The predicted molar refractivity (Wildman–Crippen MR) is 66.4 cm³/mol. The van der Waals surface area contributed by atoms with Crippen molar-refractivity contribution in [2.75, 3.05) is 13.2 Å². The van der Waals surface area contributed by atoms with E-state index in [1.54, 1.807) is 6.92 Å². The van der Waals surface area contributed by atoms with Crippen LogP contribution in [0, 0.1) is 5.92 Å². The van der Waals surface area contributed by atoms with Crippen LogP contribution in [0.5, 0.6) is 0 Å². The second-order valence-corrected chi connectivity index (χ2v) is 5.80. The molecule has 0 heterocycles. The molecule has 0 aliphatic heterocycles. The maximum Gasteiger partial charge on any atom is 0.248 e. The third-order valence-electron chi connectivity index (χ3n) is 2.38. The number of hydrogen-bond acceptors (Lipinski definition) is 4. The van der Waals surface area contributed by atoms with Crippen molar-refractivity contribution in [2.45, 2.75) is 11.8 Å². The van der Waals surface area contributed by atoms with E-state index in [4.69, 9.17) is 10.8 Å². The monoisotopic (exact) mass is 272 g/mol. The van der Waals surface area contributed by atoms with Crippen molar-refractivity contribution in [2.24, 2.45) is 11.7 Å². The largest absolute Gasteiger partial charge is 0.396 e. The molecule has 0 bridgehead atoms. The van der Waals surface area contributed by atoms with E-state index in [0.717, 1.165) is 0 Å². The van der Waals surface area contributed by atoms with Crippen LogP contribution in [0.25, 0.3) is 0 Å². The van der Waals surface area contributed by atoms with Gasteiger partial charge in [-0.1, -0.05) is 6.92 Å². The van der Waals surface area contributed by atoms with Gasteiger partial charge in [-0.05, 0) is 30.2 Å². The van der Waals surface area contributed by atoms with E-state index in [0.29, 0.717) is 0 Å². The van der Waals surface area contributed by atoms with Crippen LogP contribution in [0.4, 0.5) is 0 Å². The fraction of sp³-hybridized carbons (Fsp3) is 0.364. The van der Waals surface area contributed by atoms with Crippen molar-refractivity contribution in [1.82, 2.24) is 4.72 Å². The molecule has 0 saturated carbocycles. The first-order valence-electron chi connectivity index (χ1n) is 5.37. The summed E-state index contributed by atoms with van der Waals surface area (Å²) in [6.07, 6.45) is 0. The van der Waals surface area contributed by atoms with Crippen LogP contribution in [-0.2, 0) is 10.0 Å². The maximum atomic E-state index is 11.8. The molecule has 6 nitrogen and oxygen atoms in total. The van der Waals surface area contributed by atoms with Gasteiger partial charge in [-0.3, -0.25) is 4.79 Å². The van der Waals surface area contributed by atoms with E-state index < -0.39 is 15.9 Å². The number of carbonyl (C=O) groups is 1. The summed E-state index contributed by atoms with van der Waals surface area (Å²) in [5, 5.41) is 8.81. The molecule has 0 aromatic heterocycles. The van der Waals surface area contributed by atoms with Crippen LogP contribution < -0.4 is 10.5 Å². The quantitative estimate of drug-likeness (QED) is 0.660. The molecule has 1 aromatic rings. The molecule has 1 atom stereocenters. The Balaban J connectivity index is 2.82. The molecule has 0 saturated heterocycles. The third-order valence-corrected chi connectivity index (χ3v) is 3.82. The molecule has 0 radical (unpaired) electrons. The molecule has 1 aromatic carbocycles. The lowest BCUT2D eigenvalue weighted by Crippen LogP contribution is -2.29. The van der Waals surface area contributed by atoms with Gasteiger partial charge in [0.1, 0.15) is 0 Å². The van der Waals surface area contributed by atoms with E-state index in [1.807, 2.05) is 0 Å². The van der Waals surface area contributed by atoms with Gasteiger partial charge in [0.05, 0.1) is 4.90 Å². The van der Waals surface area contributed by atoms with Crippen LogP contribution in [0.2, 0.25) is 0 Å². The second kappa shape index (κ2) is 5.94. The minimum Gasteiger partial charge on any atom is -0.396 e. The highest BCUT2D eigenvalue weighted by Gasteiger charge is 2.15. The molecule has 100 valence electrons. The van der Waals surface area contributed by atoms with Gasteiger partial charge >= 0.3 is 0 Å². The van der Waals surface area contributed by atoms with E-state index >= 15 is 0 Å². The summed E-state index contributed by atoms with van der Waals surface area (Å²) in [6, 6.07) is 5.33. The topological polar surface area (TPSA) is 109 Å². The summed E-state index contributed by atoms with van der Waals surface area (Å²) in [5.74, 6) is -0.773. The van der Waals surface area contributed by atoms with Gasteiger partial charge < -0.3 is 10.8 Å². The van der Waals surface area contributed by atoms with Crippen LogP contribution >= 0.6 is 0 Å². The number of hydrogen-bond donors (Lipinski definition) is 3. The Morgan fingerprint density at radius 2 is 1.94 bits per heavy atom. The Hall–Kier alpha value is -1.44. The average molecular weight is 272 g/mol. The molecule has 0 spiro atoms. The Bertz CT molecular complexity index is 510. The van der Waals surface area contributed by atoms with Crippen LogP contribution in [0.3, 0.4) is 0 Å². The van der Waals surface area contributed by atoms with Gasteiger partial charge in [0.25, 0.3) is 0 Å². The van der Waals surface area contributed by atoms with E-state index in [1.165, 1.54) is 24.3 Å². The standard InChI is InChI=1S/C11H16N2O4S/c1-8(7-14)6-13-18(16,17)10-4-2-9(3-5-10)11(12)15/h2-5,8,13-14H,6-7H2,1H3,(H2,12,15). The first-order valence-corrected chi connectivity index (χ1v) is 6.85. The van der Waals surface area contributed by atoms with Gasteiger partial charge in [-0.15, -0.1) is 0 Å². The van der Waals surface area contributed by atoms with Crippen molar-refractivity contribution >= 4 is 15.9 Å². The van der Waals surface area contributed by atoms with E-state index in [-0.39, 0.29) is 29.5 Å². The Morgan fingerprint density at radius 1 is 1.39 bits per heavy atom. The Labute approximate surface area is 106 Å². The molecule has 0 aliphatic carbocycles. The van der Waals surface area contributed by atoms with E-state index in [9.17, 15) is 13.2 Å². The van der Waals surface area contributed by atoms with Crippen molar-refractivity contribution in [3.05, 3.63) is 29.8 Å².